The molecule has 23 heavy (non-hydrogen) atoms. The Bertz CT molecular complexity index is 532. The van der Waals surface area contributed by atoms with E-state index in [2.05, 4.69) is 26.9 Å². The zero-order valence-corrected chi connectivity index (χ0v) is 14.4. The third kappa shape index (κ3) is 3.55. The van der Waals surface area contributed by atoms with E-state index >= 15 is 0 Å². The summed E-state index contributed by atoms with van der Waals surface area (Å²) in [5, 5.41) is 3.87. The molecule has 128 valence electrons. The molecule has 1 aromatic heterocycles. The Kier molecular flexibility index (Phi) is 4.96. The minimum Gasteiger partial charge on any atom is -0.341 e. The molecule has 2 aliphatic heterocycles. The number of hydrogen-bond acceptors (Lipinski definition) is 6. The Morgan fingerprint density at radius 1 is 1.04 bits per heavy atom. The molecular weight excluding hydrogens is 294 g/mol. The second-order valence-electron chi connectivity index (χ2n) is 6.64. The van der Waals surface area contributed by atoms with Crippen LogP contribution in [0.2, 0.25) is 0 Å². The van der Waals surface area contributed by atoms with Gasteiger partial charge in [-0.2, -0.15) is 4.98 Å². The van der Waals surface area contributed by atoms with E-state index in [0.717, 1.165) is 52.1 Å². The van der Waals surface area contributed by atoms with Gasteiger partial charge in [0.1, 0.15) is 0 Å². The molecule has 0 radical (unpaired) electrons. The van der Waals surface area contributed by atoms with E-state index in [1.54, 1.807) is 0 Å². The van der Waals surface area contributed by atoms with Gasteiger partial charge >= 0.3 is 0 Å². The third-order valence-electron chi connectivity index (χ3n) is 5.12. The van der Waals surface area contributed by atoms with Crippen LogP contribution in [0.1, 0.15) is 44.4 Å². The first-order valence-corrected chi connectivity index (χ1v) is 8.63. The van der Waals surface area contributed by atoms with Crippen LogP contribution < -0.4 is 0 Å². The Balaban J connectivity index is 1.52. The molecule has 0 N–H and O–H groups in total. The van der Waals surface area contributed by atoms with Gasteiger partial charge < -0.3 is 9.42 Å². The van der Waals surface area contributed by atoms with Crippen molar-refractivity contribution in [2.24, 2.45) is 0 Å². The van der Waals surface area contributed by atoms with Gasteiger partial charge in [-0.3, -0.25) is 14.6 Å². The van der Waals surface area contributed by atoms with Crippen LogP contribution in [0.3, 0.4) is 0 Å². The van der Waals surface area contributed by atoms with Gasteiger partial charge in [-0.25, -0.2) is 0 Å². The van der Waals surface area contributed by atoms with Crippen LogP contribution in [0.15, 0.2) is 4.52 Å². The zero-order chi connectivity index (χ0) is 16.4. The number of nitrogens with zero attached hydrogens (tertiary/aromatic N) is 5. The average molecular weight is 321 g/mol. The highest BCUT2D eigenvalue weighted by Gasteiger charge is 2.32. The monoisotopic (exact) mass is 321 g/mol. The molecule has 2 fully saturated rings. The molecular formula is C16H27N5O2. The zero-order valence-electron chi connectivity index (χ0n) is 14.4. The molecule has 2 aliphatic rings. The van der Waals surface area contributed by atoms with Crippen molar-refractivity contribution in [3.05, 3.63) is 11.7 Å². The number of likely N-dealkylation sites (tertiary alicyclic amines) is 1. The minimum atomic E-state index is -0.0174. The molecule has 3 heterocycles. The minimum absolute atomic E-state index is 0.0174. The maximum Gasteiger partial charge on any atom is 0.243 e. The number of hydrogen-bond donors (Lipinski definition) is 0. The number of aryl methyl sites for hydroxylation is 1. The molecule has 2 atom stereocenters. The largest absolute Gasteiger partial charge is 0.341 e. The Labute approximate surface area is 137 Å². The molecule has 0 spiro atoms. The molecule has 0 aliphatic carbocycles. The summed E-state index contributed by atoms with van der Waals surface area (Å²) >= 11 is 0. The molecule has 7 nitrogen and oxygen atoms in total. The lowest BCUT2D eigenvalue weighted by Gasteiger charge is -2.39. The number of amides is 1. The molecule has 2 saturated heterocycles. The summed E-state index contributed by atoms with van der Waals surface area (Å²) < 4.78 is 5.28. The van der Waals surface area contributed by atoms with Crippen LogP contribution >= 0.6 is 0 Å². The summed E-state index contributed by atoms with van der Waals surface area (Å²) in [5.74, 6) is 1.64. The van der Waals surface area contributed by atoms with E-state index in [1.807, 2.05) is 18.7 Å². The van der Waals surface area contributed by atoms with Crippen molar-refractivity contribution in [3.63, 3.8) is 0 Å². The summed E-state index contributed by atoms with van der Waals surface area (Å²) in [6.07, 6.45) is 2.29. The summed E-state index contributed by atoms with van der Waals surface area (Å²) in [6, 6.07) is 0.110. The van der Waals surface area contributed by atoms with Gasteiger partial charge in [0.25, 0.3) is 0 Å². The van der Waals surface area contributed by atoms with Crippen LogP contribution in [0.4, 0.5) is 0 Å². The van der Waals surface area contributed by atoms with Gasteiger partial charge in [-0.15, -0.1) is 0 Å². The standard InChI is InChI=1S/C16H27N5O2/c1-12(15-17-14(3)18-23-15)19-8-10-20(11-9-19)13(2)16(22)21-6-4-5-7-21/h12-13H,4-11H2,1-3H3/t12-,13+/m1/s1. The fraction of sp³-hybridized carbons (Fsp3) is 0.812. The van der Waals surface area contributed by atoms with Crippen LogP contribution in [0, 0.1) is 6.92 Å². The second kappa shape index (κ2) is 6.97. The van der Waals surface area contributed by atoms with Crippen molar-refractivity contribution in [1.29, 1.82) is 0 Å². The lowest BCUT2D eigenvalue weighted by molar-refractivity contribution is -0.136. The Hall–Kier alpha value is -1.47. The van der Waals surface area contributed by atoms with E-state index < -0.39 is 0 Å². The van der Waals surface area contributed by atoms with Crippen molar-refractivity contribution >= 4 is 5.91 Å². The normalized spacial score (nSPS) is 23.2. The number of piperazine rings is 1. The van der Waals surface area contributed by atoms with Gasteiger partial charge in [0, 0.05) is 39.3 Å². The predicted octanol–water partition coefficient (Wildman–Crippen LogP) is 1.07. The SMILES string of the molecule is Cc1noc([C@@H](C)N2CCN([C@@H](C)C(=O)N3CCCC3)CC2)n1. The third-order valence-corrected chi connectivity index (χ3v) is 5.12. The molecule has 0 unspecified atom stereocenters. The number of carbonyl (C=O) groups is 1. The number of rotatable bonds is 4. The van der Waals surface area contributed by atoms with E-state index in [0.29, 0.717) is 11.7 Å². The first kappa shape index (κ1) is 16.4. The van der Waals surface area contributed by atoms with E-state index in [-0.39, 0.29) is 18.0 Å². The van der Waals surface area contributed by atoms with E-state index in [9.17, 15) is 4.79 Å². The second-order valence-corrected chi connectivity index (χ2v) is 6.64. The number of aromatic nitrogens is 2. The average Bonchev–Trinajstić information content (AvgIpc) is 3.24. The lowest BCUT2D eigenvalue weighted by Crippen LogP contribution is -2.54. The fourth-order valence-corrected chi connectivity index (χ4v) is 3.51. The molecule has 3 rings (SSSR count). The fourth-order valence-electron chi connectivity index (χ4n) is 3.51. The molecule has 0 saturated carbocycles. The first-order chi connectivity index (χ1) is 11.1. The predicted molar refractivity (Wildman–Crippen MR) is 85.9 cm³/mol. The topological polar surface area (TPSA) is 65.7 Å². The van der Waals surface area contributed by atoms with Crippen molar-refractivity contribution in [1.82, 2.24) is 24.8 Å². The maximum atomic E-state index is 12.5. The van der Waals surface area contributed by atoms with Crippen molar-refractivity contribution in [2.45, 2.75) is 45.7 Å². The van der Waals surface area contributed by atoms with Crippen LogP contribution in [0.5, 0.6) is 0 Å². The summed E-state index contributed by atoms with van der Waals surface area (Å²) in [6.45, 7) is 11.5. The molecule has 0 bridgehead atoms. The van der Waals surface area contributed by atoms with Crippen molar-refractivity contribution in [3.8, 4) is 0 Å². The quantitative estimate of drug-likeness (QED) is 0.826. The van der Waals surface area contributed by atoms with Crippen LogP contribution in [-0.4, -0.2) is 76.1 Å². The van der Waals surface area contributed by atoms with Crippen LogP contribution in [0.25, 0.3) is 0 Å². The first-order valence-electron chi connectivity index (χ1n) is 8.63. The van der Waals surface area contributed by atoms with Crippen LogP contribution in [-0.2, 0) is 4.79 Å². The van der Waals surface area contributed by atoms with Crippen molar-refractivity contribution in [2.75, 3.05) is 39.3 Å². The Morgan fingerprint density at radius 2 is 1.65 bits per heavy atom. The smallest absolute Gasteiger partial charge is 0.243 e. The summed E-state index contributed by atoms with van der Waals surface area (Å²) in [4.78, 5) is 23.5. The van der Waals surface area contributed by atoms with E-state index in [4.69, 9.17) is 4.52 Å². The van der Waals surface area contributed by atoms with E-state index in [1.165, 1.54) is 0 Å². The molecule has 1 aromatic rings. The van der Waals surface area contributed by atoms with Gasteiger partial charge in [-0.1, -0.05) is 5.16 Å². The maximum absolute atomic E-state index is 12.5. The molecule has 7 heteroatoms. The highest BCUT2D eigenvalue weighted by Crippen LogP contribution is 2.21. The highest BCUT2D eigenvalue weighted by atomic mass is 16.5. The number of carbonyl (C=O) groups excluding carboxylic acids is 1. The summed E-state index contributed by atoms with van der Waals surface area (Å²) in [7, 11) is 0. The van der Waals surface area contributed by atoms with Gasteiger partial charge in [-0.05, 0) is 33.6 Å². The lowest BCUT2D eigenvalue weighted by atomic mass is 10.1. The highest BCUT2D eigenvalue weighted by molar-refractivity contribution is 5.81. The summed E-state index contributed by atoms with van der Waals surface area (Å²) in [5.41, 5.74) is 0. The van der Waals surface area contributed by atoms with Gasteiger partial charge in [0.15, 0.2) is 5.82 Å². The van der Waals surface area contributed by atoms with Gasteiger partial charge in [0.05, 0.1) is 12.1 Å². The van der Waals surface area contributed by atoms with Crippen molar-refractivity contribution < 1.29 is 9.32 Å². The molecule has 1 amide bonds. The Morgan fingerprint density at radius 3 is 2.22 bits per heavy atom. The van der Waals surface area contributed by atoms with Gasteiger partial charge in [0.2, 0.25) is 11.8 Å². The molecule has 0 aromatic carbocycles.